The number of aryl methyl sites for hydroxylation is 1. The lowest BCUT2D eigenvalue weighted by atomic mass is 10.1. The molecular formula is C13H12FN3O3S. The second-order valence-electron chi connectivity index (χ2n) is 4.67. The maximum absolute atomic E-state index is 14.7. The largest absolute Gasteiger partial charge is 0.506 e. The van der Waals surface area contributed by atoms with Crippen molar-refractivity contribution in [3.05, 3.63) is 36.4 Å². The number of carbonyl (C=O) groups is 1. The number of aromatic hydroxyl groups is 1. The van der Waals surface area contributed by atoms with Crippen molar-refractivity contribution < 1.29 is 18.5 Å². The van der Waals surface area contributed by atoms with Gasteiger partial charge in [0.25, 0.3) is 5.91 Å². The molecule has 1 unspecified atom stereocenters. The van der Waals surface area contributed by atoms with Gasteiger partial charge in [0.2, 0.25) is 11.2 Å². The van der Waals surface area contributed by atoms with Gasteiger partial charge in [0.05, 0.1) is 0 Å². The fourth-order valence-corrected chi connectivity index (χ4v) is 3.16. The Kier molecular flexibility index (Phi) is 3.17. The van der Waals surface area contributed by atoms with E-state index in [2.05, 4.69) is 4.72 Å². The number of amides is 1. The lowest BCUT2D eigenvalue weighted by Crippen LogP contribution is -2.23. The zero-order valence-electron chi connectivity index (χ0n) is 11.0. The summed E-state index contributed by atoms with van der Waals surface area (Å²) in [5.74, 6) is -1.57. The molecule has 2 aromatic rings. The van der Waals surface area contributed by atoms with Gasteiger partial charge in [-0.05, 0) is 18.2 Å². The molecule has 1 aromatic heterocycles. The average molecular weight is 309 g/mol. The predicted octanol–water partition coefficient (Wildman–Crippen LogP) is 1.05. The summed E-state index contributed by atoms with van der Waals surface area (Å²) in [6, 6.07) is 4.49. The van der Waals surface area contributed by atoms with Crippen LogP contribution in [0.5, 0.6) is 5.75 Å². The second-order valence-corrected chi connectivity index (χ2v) is 5.81. The van der Waals surface area contributed by atoms with Crippen molar-refractivity contribution >= 4 is 22.8 Å². The number of hydrogen-bond donors (Lipinski definition) is 2. The molecule has 1 atom stereocenters. The molecule has 0 spiro atoms. The first-order chi connectivity index (χ1) is 9.97. The number of phenols is 1. The zero-order valence-corrected chi connectivity index (χ0v) is 11.9. The number of benzene rings is 1. The monoisotopic (exact) mass is 309 g/mol. The third-order valence-electron chi connectivity index (χ3n) is 3.18. The number of hydrogen-bond acceptors (Lipinski definition) is 3. The van der Waals surface area contributed by atoms with Crippen LogP contribution in [0.15, 0.2) is 30.6 Å². The lowest BCUT2D eigenvalue weighted by Gasteiger charge is -2.17. The molecule has 0 radical (unpaired) electrons. The molecule has 21 heavy (non-hydrogen) atoms. The summed E-state index contributed by atoms with van der Waals surface area (Å²) in [6.07, 6.45) is 3.49. The molecule has 2 heterocycles. The van der Waals surface area contributed by atoms with E-state index in [1.165, 1.54) is 12.1 Å². The Labute approximate surface area is 122 Å². The van der Waals surface area contributed by atoms with Gasteiger partial charge in [-0.2, -0.15) is 0 Å². The molecule has 0 bridgehead atoms. The first kappa shape index (κ1) is 13.6. The standard InChI is InChI=1S/C13H12FN3O3S/c1-16-5-4-8(6-16)9-2-3-10(18)13(12(9)14)17-7-11(19)15-21(17)20/h2-6,18H,7H2,1H3,(H,15,19). The highest BCUT2D eigenvalue weighted by molar-refractivity contribution is 7.85. The maximum Gasteiger partial charge on any atom is 0.253 e. The number of halogens is 1. The van der Waals surface area contributed by atoms with Crippen LogP contribution in [0.4, 0.5) is 10.1 Å². The third-order valence-corrected chi connectivity index (χ3v) is 4.29. The average Bonchev–Trinajstić information content (AvgIpc) is 2.96. The summed E-state index contributed by atoms with van der Waals surface area (Å²) in [7, 11) is 1.81. The number of nitrogens with zero attached hydrogens (tertiary/aromatic N) is 2. The number of phenolic OH excluding ortho intramolecular Hbond substituents is 1. The number of aromatic nitrogens is 1. The Morgan fingerprint density at radius 3 is 2.71 bits per heavy atom. The minimum atomic E-state index is -1.89. The van der Waals surface area contributed by atoms with E-state index in [4.69, 9.17) is 0 Å². The first-order valence-corrected chi connectivity index (χ1v) is 7.21. The third kappa shape index (κ3) is 2.27. The van der Waals surface area contributed by atoms with Crippen molar-refractivity contribution in [3.8, 4) is 16.9 Å². The van der Waals surface area contributed by atoms with Crippen LogP contribution in [-0.4, -0.2) is 26.3 Å². The first-order valence-electron chi connectivity index (χ1n) is 6.10. The van der Waals surface area contributed by atoms with Gasteiger partial charge in [-0.15, -0.1) is 0 Å². The molecule has 2 N–H and O–H groups in total. The van der Waals surface area contributed by atoms with Crippen LogP contribution in [0.3, 0.4) is 0 Å². The van der Waals surface area contributed by atoms with E-state index in [9.17, 15) is 18.5 Å². The van der Waals surface area contributed by atoms with Crippen LogP contribution in [-0.2, 0) is 23.0 Å². The van der Waals surface area contributed by atoms with E-state index in [0.29, 0.717) is 5.56 Å². The van der Waals surface area contributed by atoms with Gasteiger partial charge < -0.3 is 9.67 Å². The van der Waals surface area contributed by atoms with Crippen molar-refractivity contribution in [3.63, 3.8) is 0 Å². The molecule has 1 amide bonds. The summed E-state index contributed by atoms with van der Waals surface area (Å²) >= 11 is -1.89. The second kappa shape index (κ2) is 4.88. The molecule has 1 saturated heterocycles. The molecule has 8 heteroatoms. The molecule has 0 aliphatic carbocycles. The number of nitrogens with one attached hydrogen (secondary N) is 1. The molecule has 1 fully saturated rings. The van der Waals surface area contributed by atoms with Crippen LogP contribution in [0.25, 0.3) is 11.1 Å². The van der Waals surface area contributed by atoms with Crippen LogP contribution < -0.4 is 9.03 Å². The van der Waals surface area contributed by atoms with Crippen molar-refractivity contribution in [2.75, 3.05) is 10.8 Å². The molecule has 1 aliphatic heterocycles. The van der Waals surface area contributed by atoms with E-state index in [-0.39, 0.29) is 23.5 Å². The quantitative estimate of drug-likeness (QED) is 0.871. The normalized spacial score (nSPS) is 18.1. The SMILES string of the molecule is Cn1ccc(-c2ccc(O)c(N3CC(=O)NS3=O)c2F)c1. The molecule has 0 saturated carbocycles. The van der Waals surface area contributed by atoms with Crippen LogP contribution in [0, 0.1) is 5.82 Å². The van der Waals surface area contributed by atoms with Gasteiger partial charge >= 0.3 is 0 Å². The molecule has 110 valence electrons. The summed E-state index contributed by atoms with van der Waals surface area (Å²) in [5, 5.41) is 9.87. The van der Waals surface area contributed by atoms with Gasteiger partial charge in [-0.25, -0.2) is 8.60 Å². The topological polar surface area (TPSA) is 74.6 Å². The molecule has 6 nitrogen and oxygen atoms in total. The Morgan fingerprint density at radius 2 is 2.14 bits per heavy atom. The van der Waals surface area contributed by atoms with Crippen LogP contribution in [0.2, 0.25) is 0 Å². The van der Waals surface area contributed by atoms with Gasteiger partial charge in [0.1, 0.15) is 18.0 Å². The number of anilines is 1. The van der Waals surface area contributed by atoms with Gasteiger partial charge in [0, 0.05) is 30.6 Å². The molecular weight excluding hydrogens is 297 g/mol. The molecule has 3 rings (SSSR count). The van der Waals surface area contributed by atoms with Gasteiger partial charge in [-0.3, -0.25) is 13.8 Å². The summed E-state index contributed by atoms with van der Waals surface area (Å²) in [6.45, 7) is -0.269. The zero-order chi connectivity index (χ0) is 15.1. The van der Waals surface area contributed by atoms with Crippen LogP contribution in [0.1, 0.15) is 0 Å². The van der Waals surface area contributed by atoms with E-state index in [1.54, 1.807) is 30.1 Å². The Hall–Kier alpha value is -2.35. The van der Waals surface area contributed by atoms with E-state index < -0.39 is 22.9 Å². The van der Waals surface area contributed by atoms with Gasteiger partial charge in [0.15, 0.2) is 5.82 Å². The van der Waals surface area contributed by atoms with Crippen molar-refractivity contribution in [2.24, 2.45) is 7.05 Å². The van der Waals surface area contributed by atoms with Crippen molar-refractivity contribution in [1.29, 1.82) is 0 Å². The van der Waals surface area contributed by atoms with E-state index in [0.717, 1.165) is 4.31 Å². The fourth-order valence-electron chi connectivity index (χ4n) is 2.21. The van der Waals surface area contributed by atoms with Gasteiger partial charge in [-0.1, -0.05) is 0 Å². The molecule has 1 aliphatic rings. The lowest BCUT2D eigenvalue weighted by molar-refractivity contribution is -0.117. The van der Waals surface area contributed by atoms with Crippen molar-refractivity contribution in [2.45, 2.75) is 0 Å². The number of rotatable bonds is 2. The van der Waals surface area contributed by atoms with E-state index >= 15 is 0 Å². The summed E-state index contributed by atoms with van der Waals surface area (Å²) < 4.78 is 31.4. The smallest absolute Gasteiger partial charge is 0.253 e. The van der Waals surface area contributed by atoms with Crippen LogP contribution >= 0.6 is 0 Å². The Bertz CT molecular complexity index is 759. The predicted molar refractivity (Wildman–Crippen MR) is 76.1 cm³/mol. The number of carbonyl (C=O) groups excluding carboxylic acids is 1. The van der Waals surface area contributed by atoms with E-state index in [1.807, 2.05) is 0 Å². The molecule has 1 aromatic carbocycles. The highest BCUT2D eigenvalue weighted by atomic mass is 32.2. The highest BCUT2D eigenvalue weighted by Crippen LogP contribution is 2.38. The maximum atomic E-state index is 14.7. The minimum Gasteiger partial charge on any atom is -0.506 e. The Morgan fingerprint density at radius 1 is 1.38 bits per heavy atom. The highest BCUT2D eigenvalue weighted by Gasteiger charge is 2.32. The minimum absolute atomic E-state index is 0.243. The fraction of sp³-hybridized carbons (Fsp3) is 0.154. The summed E-state index contributed by atoms with van der Waals surface area (Å²) in [4.78, 5) is 11.3. The summed E-state index contributed by atoms with van der Waals surface area (Å²) in [5.41, 5.74) is 0.647. The van der Waals surface area contributed by atoms with Crippen molar-refractivity contribution in [1.82, 2.24) is 9.29 Å². The Balaban J connectivity index is 2.13.